The summed E-state index contributed by atoms with van der Waals surface area (Å²) in [6, 6.07) is 19.4. The number of imidazole rings is 1. The molecule has 0 saturated carbocycles. The summed E-state index contributed by atoms with van der Waals surface area (Å²) in [5.41, 5.74) is 2.51. The van der Waals surface area contributed by atoms with Crippen LogP contribution in [0, 0.1) is 6.57 Å². The second kappa shape index (κ2) is 8.49. The van der Waals surface area contributed by atoms with Crippen molar-refractivity contribution in [2.45, 2.75) is 0 Å². The zero-order valence-electron chi connectivity index (χ0n) is 16.7. The molecule has 2 aromatic heterocycles. The van der Waals surface area contributed by atoms with E-state index in [0.29, 0.717) is 44.1 Å². The van der Waals surface area contributed by atoms with Crippen LogP contribution in [0.4, 0.5) is 5.69 Å². The third-order valence-corrected chi connectivity index (χ3v) is 6.14. The molecule has 0 N–H and O–H groups in total. The number of aromatic nitrogens is 4. The summed E-state index contributed by atoms with van der Waals surface area (Å²) in [6.07, 6.45) is 1.53. The van der Waals surface area contributed by atoms with Gasteiger partial charge in [-0.2, -0.15) is 0 Å². The molecule has 0 saturated heterocycles. The fourth-order valence-electron chi connectivity index (χ4n) is 3.53. The topological polar surface area (TPSA) is 57.1 Å². The van der Waals surface area contributed by atoms with Gasteiger partial charge in [0.1, 0.15) is 6.33 Å². The van der Waals surface area contributed by atoms with Gasteiger partial charge in [-0.3, -0.25) is 13.9 Å². The number of hydrogen-bond donors (Lipinski definition) is 0. The van der Waals surface area contributed by atoms with E-state index in [4.69, 9.17) is 34.8 Å². The molecule has 3 aromatic carbocycles. The van der Waals surface area contributed by atoms with Crippen LogP contribution in [0.15, 0.2) is 82.3 Å². The summed E-state index contributed by atoms with van der Waals surface area (Å²) < 4.78 is 4.05. The van der Waals surface area contributed by atoms with Gasteiger partial charge in [-0.1, -0.05) is 51.3 Å². The molecule has 0 radical (unpaired) electrons. The molecule has 5 aromatic rings. The SMILES string of the molecule is [C-]#[N+]c1cccc(-n2cnc3c(=O)n(-c4ccc(Br)cc4)c(-c4ccc(Cl)cc4Cl)nc32)c1. The molecule has 0 unspecified atom stereocenters. The summed E-state index contributed by atoms with van der Waals surface area (Å²) >= 11 is 16.0. The maximum atomic E-state index is 13.7. The molecule has 0 spiro atoms. The molecule has 0 aliphatic rings. The van der Waals surface area contributed by atoms with E-state index in [1.54, 1.807) is 41.0 Å². The first-order valence-electron chi connectivity index (χ1n) is 9.65. The molecule has 9 heteroatoms. The van der Waals surface area contributed by atoms with Crippen LogP contribution in [0.3, 0.4) is 0 Å². The zero-order chi connectivity index (χ0) is 23.1. The Morgan fingerprint density at radius 2 is 1.76 bits per heavy atom. The molecule has 33 heavy (non-hydrogen) atoms. The van der Waals surface area contributed by atoms with Crippen molar-refractivity contribution in [1.29, 1.82) is 0 Å². The van der Waals surface area contributed by atoms with Gasteiger partial charge in [0, 0.05) is 20.7 Å². The van der Waals surface area contributed by atoms with Gasteiger partial charge in [-0.15, -0.1) is 0 Å². The minimum atomic E-state index is -0.344. The quantitative estimate of drug-likeness (QED) is 0.237. The highest BCUT2D eigenvalue weighted by Crippen LogP contribution is 2.31. The van der Waals surface area contributed by atoms with E-state index in [0.717, 1.165) is 4.47 Å². The predicted octanol–water partition coefficient (Wildman–Crippen LogP) is 6.86. The van der Waals surface area contributed by atoms with Crippen molar-refractivity contribution in [3.05, 3.63) is 109 Å². The van der Waals surface area contributed by atoms with E-state index >= 15 is 0 Å². The van der Waals surface area contributed by atoms with E-state index in [2.05, 4.69) is 25.8 Å². The minimum absolute atomic E-state index is 0.194. The normalized spacial score (nSPS) is 11.0. The lowest BCUT2D eigenvalue weighted by Crippen LogP contribution is -2.22. The lowest BCUT2D eigenvalue weighted by molar-refractivity contribution is 0.961. The average molecular weight is 537 g/mol. The number of halogens is 3. The van der Waals surface area contributed by atoms with Gasteiger partial charge in [-0.25, -0.2) is 14.8 Å². The molecule has 0 aliphatic carbocycles. The lowest BCUT2D eigenvalue weighted by Gasteiger charge is -2.14. The maximum Gasteiger partial charge on any atom is 0.286 e. The summed E-state index contributed by atoms with van der Waals surface area (Å²) in [5.74, 6) is 0.347. The maximum absolute atomic E-state index is 13.7. The van der Waals surface area contributed by atoms with Crippen molar-refractivity contribution in [3.8, 4) is 22.8 Å². The largest absolute Gasteiger partial charge is 0.286 e. The number of hydrogen-bond acceptors (Lipinski definition) is 3. The van der Waals surface area contributed by atoms with Crippen molar-refractivity contribution in [1.82, 2.24) is 19.1 Å². The van der Waals surface area contributed by atoms with Crippen molar-refractivity contribution in [2.75, 3.05) is 0 Å². The second-order valence-electron chi connectivity index (χ2n) is 7.09. The molecule has 6 nitrogen and oxygen atoms in total. The van der Waals surface area contributed by atoms with E-state index in [1.807, 2.05) is 30.3 Å². The molecule has 2 heterocycles. The van der Waals surface area contributed by atoms with Gasteiger partial charge in [0.15, 0.2) is 22.7 Å². The van der Waals surface area contributed by atoms with Gasteiger partial charge in [-0.05, 0) is 54.6 Å². The Bertz CT molecular complexity index is 1630. The van der Waals surface area contributed by atoms with Crippen molar-refractivity contribution in [3.63, 3.8) is 0 Å². The van der Waals surface area contributed by atoms with Crippen molar-refractivity contribution < 1.29 is 0 Å². The lowest BCUT2D eigenvalue weighted by atomic mass is 10.2. The number of rotatable bonds is 3. The molecule has 0 bridgehead atoms. The van der Waals surface area contributed by atoms with Crippen molar-refractivity contribution in [2.24, 2.45) is 0 Å². The summed E-state index contributed by atoms with van der Waals surface area (Å²) in [6.45, 7) is 7.29. The minimum Gasteiger partial charge on any atom is -0.284 e. The van der Waals surface area contributed by atoms with E-state index in [-0.39, 0.29) is 11.1 Å². The van der Waals surface area contributed by atoms with Crippen LogP contribution in [-0.4, -0.2) is 19.1 Å². The third-order valence-electron chi connectivity index (χ3n) is 5.07. The van der Waals surface area contributed by atoms with Crippen molar-refractivity contribution >= 4 is 56.0 Å². The standard InChI is InChI=1S/C24H12BrCl2N5O/c1-28-16-3-2-4-18(12-16)31-13-29-21-23(31)30-22(19-10-7-15(26)11-20(19)27)32(24(21)33)17-8-5-14(25)6-9-17/h2-13H. The van der Waals surface area contributed by atoms with Crippen LogP contribution < -0.4 is 5.56 Å². The van der Waals surface area contributed by atoms with Gasteiger partial charge in [0.05, 0.1) is 17.3 Å². The molecular formula is C24H12BrCl2N5O. The summed E-state index contributed by atoms with van der Waals surface area (Å²) in [7, 11) is 0. The Balaban J connectivity index is 1.86. The van der Waals surface area contributed by atoms with Crippen LogP contribution in [0.2, 0.25) is 10.0 Å². The van der Waals surface area contributed by atoms with Gasteiger partial charge in [0.25, 0.3) is 5.56 Å². The van der Waals surface area contributed by atoms with Crippen LogP contribution in [0.5, 0.6) is 0 Å². The van der Waals surface area contributed by atoms with E-state index in [9.17, 15) is 4.79 Å². The van der Waals surface area contributed by atoms with Crippen LogP contribution >= 0.6 is 39.1 Å². The molecule has 0 aliphatic heterocycles. The predicted molar refractivity (Wildman–Crippen MR) is 134 cm³/mol. The molecule has 5 rings (SSSR count). The number of nitrogens with zero attached hydrogens (tertiary/aromatic N) is 5. The highest BCUT2D eigenvalue weighted by molar-refractivity contribution is 9.10. The first kappa shape index (κ1) is 21.4. The Morgan fingerprint density at radius 3 is 2.48 bits per heavy atom. The van der Waals surface area contributed by atoms with Gasteiger partial charge >= 0.3 is 0 Å². The first-order valence-corrected chi connectivity index (χ1v) is 11.2. The number of benzene rings is 3. The number of fused-ring (bicyclic) bond motifs is 1. The highest BCUT2D eigenvalue weighted by atomic mass is 79.9. The molecule has 0 atom stereocenters. The Kier molecular flexibility index (Phi) is 5.51. The monoisotopic (exact) mass is 535 g/mol. The smallest absolute Gasteiger partial charge is 0.284 e. The Morgan fingerprint density at radius 1 is 0.970 bits per heavy atom. The second-order valence-corrected chi connectivity index (χ2v) is 8.85. The molecular weight excluding hydrogens is 525 g/mol. The fourth-order valence-corrected chi connectivity index (χ4v) is 4.29. The van der Waals surface area contributed by atoms with Crippen LogP contribution in [0.25, 0.3) is 38.8 Å². The molecule has 160 valence electrons. The third kappa shape index (κ3) is 3.83. The fraction of sp³-hybridized carbons (Fsp3) is 0. The van der Waals surface area contributed by atoms with Gasteiger partial charge in [0.2, 0.25) is 0 Å². The molecule has 0 fully saturated rings. The van der Waals surface area contributed by atoms with Gasteiger partial charge < -0.3 is 0 Å². The Labute approximate surface area is 206 Å². The zero-order valence-corrected chi connectivity index (χ0v) is 19.8. The Hall–Kier alpha value is -3.44. The van der Waals surface area contributed by atoms with E-state index in [1.165, 1.54) is 10.9 Å². The van der Waals surface area contributed by atoms with Crippen LogP contribution in [-0.2, 0) is 0 Å². The summed E-state index contributed by atoms with van der Waals surface area (Å²) in [5, 5.41) is 0.837. The first-order chi connectivity index (χ1) is 16.0. The van der Waals surface area contributed by atoms with Crippen LogP contribution in [0.1, 0.15) is 0 Å². The average Bonchev–Trinajstić information content (AvgIpc) is 3.24. The molecule has 0 amide bonds. The summed E-state index contributed by atoms with van der Waals surface area (Å²) in [4.78, 5) is 26.3. The van der Waals surface area contributed by atoms with E-state index < -0.39 is 0 Å². The highest BCUT2D eigenvalue weighted by Gasteiger charge is 2.20.